The Morgan fingerprint density at radius 3 is 2.94 bits per heavy atom. The van der Waals surface area contributed by atoms with Crippen molar-refractivity contribution in [1.82, 2.24) is 9.55 Å². The van der Waals surface area contributed by atoms with Gasteiger partial charge in [0.15, 0.2) is 0 Å². The summed E-state index contributed by atoms with van der Waals surface area (Å²) >= 11 is 1.83. The lowest BCUT2D eigenvalue weighted by atomic mass is 10.2. The zero-order valence-electron chi connectivity index (χ0n) is 9.90. The van der Waals surface area contributed by atoms with E-state index < -0.39 is 0 Å². The predicted molar refractivity (Wildman–Crippen MR) is 72.0 cm³/mol. The Hall–Kier alpha value is -1.16. The van der Waals surface area contributed by atoms with Gasteiger partial charge < -0.3 is 10.3 Å². The largest absolute Gasteiger partial charge is 0.369 e. The van der Waals surface area contributed by atoms with E-state index in [4.69, 9.17) is 5.73 Å². The van der Waals surface area contributed by atoms with Crippen LogP contribution in [0.1, 0.15) is 18.5 Å². The fraction of sp³-hybridized carbons (Fsp3) is 0.417. The van der Waals surface area contributed by atoms with Gasteiger partial charge in [0.25, 0.3) is 0 Å². The molecule has 0 aliphatic heterocycles. The van der Waals surface area contributed by atoms with Crippen molar-refractivity contribution in [3.05, 3.63) is 23.8 Å². The normalized spacial score (nSPS) is 13.2. The Labute approximate surface area is 100 Å². The van der Waals surface area contributed by atoms with E-state index in [1.807, 2.05) is 23.9 Å². The lowest BCUT2D eigenvalue weighted by Gasteiger charge is -2.15. The molecule has 4 heteroatoms. The lowest BCUT2D eigenvalue weighted by Crippen LogP contribution is -2.11. The summed E-state index contributed by atoms with van der Waals surface area (Å²) in [6, 6.07) is 6.52. The van der Waals surface area contributed by atoms with E-state index in [0.717, 1.165) is 11.3 Å². The van der Waals surface area contributed by atoms with Gasteiger partial charge in [-0.3, -0.25) is 0 Å². The summed E-state index contributed by atoms with van der Waals surface area (Å²) in [5.41, 5.74) is 9.39. The molecule has 0 radical (unpaired) electrons. The van der Waals surface area contributed by atoms with Crippen molar-refractivity contribution >= 4 is 28.7 Å². The Bertz CT molecular complexity index is 504. The molecule has 0 aliphatic carbocycles. The summed E-state index contributed by atoms with van der Waals surface area (Å²) in [6.45, 7) is 4.28. The first-order chi connectivity index (χ1) is 7.65. The highest BCUT2D eigenvalue weighted by Crippen LogP contribution is 2.26. The van der Waals surface area contributed by atoms with E-state index in [2.05, 4.69) is 35.7 Å². The molecule has 0 aliphatic rings. The number of imidazole rings is 1. The zero-order valence-corrected chi connectivity index (χ0v) is 10.7. The van der Waals surface area contributed by atoms with Gasteiger partial charge in [0.1, 0.15) is 0 Å². The molecule has 0 fully saturated rings. The number of nitrogen functional groups attached to an aromatic ring is 1. The highest BCUT2D eigenvalue weighted by atomic mass is 32.2. The number of hydrogen-bond acceptors (Lipinski definition) is 3. The van der Waals surface area contributed by atoms with E-state index in [1.54, 1.807) is 0 Å². The minimum absolute atomic E-state index is 0.376. The van der Waals surface area contributed by atoms with Gasteiger partial charge in [-0.15, -0.1) is 0 Å². The van der Waals surface area contributed by atoms with Gasteiger partial charge in [0.05, 0.1) is 11.0 Å². The zero-order chi connectivity index (χ0) is 11.7. The number of benzene rings is 1. The topological polar surface area (TPSA) is 43.8 Å². The second-order valence-corrected chi connectivity index (χ2v) is 5.00. The molecule has 1 atom stereocenters. The second kappa shape index (κ2) is 4.37. The third kappa shape index (κ3) is 1.78. The van der Waals surface area contributed by atoms with Crippen molar-refractivity contribution in [3.63, 3.8) is 0 Å². The van der Waals surface area contributed by atoms with Crippen LogP contribution in [0.2, 0.25) is 0 Å². The molecule has 0 spiro atoms. The third-order valence-electron chi connectivity index (χ3n) is 2.79. The maximum absolute atomic E-state index is 6.00. The summed E-state index contributed by atoms with van der Waals surface area (Å²) in [4.78, 5) is 4.41. The average molecular weight is 235 g/mol. The lowest BCUT2D eigenvalue weighted by molar-refractivity contribution is 0.636. The standard InChI is InChI=1S/C12H17N3S/c1-8-5-4-6-10-11(8)15(12(13)14-10)9(2)7-16-3/h4-6,9H,7H2,1-3H3,(H2,13,14). The van der Waals surface area contributed by atoms with E-state index in [0.29, 0.717) is 12.0 Å². The van der Waals surface area contributed by atoms with Gasteiger partial charge in [0.2, 0.25) is 5.95 Å². The Morgan fingerprint density at radius 2 is 2.25 bits per heavy atom. The summed E-state index contributed by atoms with van der Waals surface area (Å²) in [5, 5.41) is 0. The minimum Gasteiger partial charge on any atom is -0.369 e. The van der Waals surface area contributed by atoms with E-state index in [-0.39, 0.29) is 0 Å². The van der Waals surface area contributed by atoms with Crippen molar-refractivity contribution < 1.29 is 0 Å². The Morgan fingerprint density at radius 1 is 1.50 bits per heavy atom. The quantitative estimate of drug-likeness (QED) is 0.889. The molecule has 2 rings (SSSR count). The van der Waals surface area contributed by atoms with Gasteiger partial charge in [-0.25, -0.2) is 4.98 Å². The smallest absolute Gasteiger partial charge is 0.201 e. The van der Waals surface area contributed by atoms with Crippen molar-refractivity contribution in [3.8, 4) is 0 Å². The van der Waals surface area contributed by atoms with Crippen LogP contribution in [-0.4, -0.2) is 21.6 Å². The molecule has 1 aromatic carbocycles. The Balaban J connectivity index is 2.63. The average Bonchev–Trinajstić information content (AvgIpc) is 2.56. The van der Waals surface area contributed by atoms with Crippen LogP contribution in [0.3, 0.4) is 0 Å². The molecule has 1 aromatic heterocycles. The second-order valence-electron chi connectivity index (χ2n) is 4.09. The number of nitrogens with zero attached hydrogens (tertiary/aromatic N) is 2. The number of thioether (sulfide) groups is 1. The number of nitrogens with two attached hydrogens (primary N) is 1. The summed E-state index contributed by atoms with van der Waals surface area (Å²) in [7, 11) is 0. The third-order valence-corrected chi connectivity index (χ3v) is 3.60. The highest BCUT2D eigenvalue weighted by molar-refractivity contribution is 7.98. The molecule has 0 saturated carbocycles. The fourth-order valence-corrected chi connectivity index (χ4v) is 2.73. The molecule has 1 unspecified atom stereocenters. The first-order valence-electron chi connectivity index (χ1n) is 5.37. The van der Waals surface area contributed by atoms with E-state index in [1.165, 1.54) is 11.1 Å². The van der Waals surface area contributed by atoms with Crippen LogP contribution >= 0.6 is 11.8 Å². The molecular formula is C12H17N3S. The molecule has 2 N–H and O–H groups in total. The highest BCUT2D eigenvalue weighted by Gasteiger charge is 2.14. The maximum atomic E-state index is 6.00. The molecule has 0 saturated heterocycles. The number of aromatic nitrogens is 2. The number of hydrogen-bond donors (Lipinski definition) is 1. The van der Waals surface area contributed by atoms with E-state index in [9.17, 15) is 0 Å². The summed E-state index contributed by atoms with van der Waals surface area (Å²) in [6.07, 6.45) is 2.11. The van der Waals surface area contributed by atoms with Crippen molar-refractivity contribution in [1.29, 1.82) is 0 Å². The van der Waals surface area contributed by atoms with Crippen LogP contribution in [0, 0.1) is 6.92 Å². The van der Waals surface area contributed by atoms with Crippen LogP contribution in [0.4, 0.5) is 5.95 Å². The molecule has 2 aromatic rings. The van der Waals surface area contributed by atoms with Gasteiger partial charge in [-0.2, -0.15) is 11.8 Å². The number of para-hydroxylation sites is 1. The number of aryl methyl sites for hydroxylation is 1. The molecule has 0 amide bonds. The van der Waals surface area contributed by atoms with Gasteiger partial charge in [-0.05, 0) is 31.7 Å². The van der Waals surface area contributed by atoms with Gasteiger partial charge in [-0.1, -0.05) is 12.1 Å². The summed E-state index contributed by atoms with van der Waals surface area (Å²) < 4.78 is 2.14. The Kier molecular flexibility index (Phi) is 3.10. The van der Waals surface area contributed by atoms with Crippen LogP contribution in [-0.2, 0) is 0 Å². The number of anilines is 1. The molecule has 0 bridgehead atoms. The molecule has 1 heterocycles. The number of rotatable bonds is 3. The molecule has 3 nitrogen and oxygen atoms in total. The van der Waals surface area contributed by atoms with Crippen LogP contribution in [0.15, 0.2) is 18.2 Å². The molecule has 86 valence electrons. The van der Waals surface area contributed by atoms with Crippen molar-refractivity contribution in [2.24, 2.45) is 0 Å². The predicted octanol–water partition coefficient (Wildman–Crippen LogP) is 2.85. The fourth-order valence-electron chi connectivity index (χ4n) is 2.10. The monoisotopic (exact) mass is 235 g/mol. The first kappa shape index (κ1) is 11.3. The van der Waals surface area contributed by atoms with E-state index >= 15 is 0 Å². The van der Waals surface area contributed by atoms with Gasteiger partial charge >= 0.3 is 0 Å². The van der Waals surface area contributed by atoms with Gasteiger partial charge in [0, 0.05) is 11.8 Å². The molecular weight excluding hydrogens is 218 g/mol. The minimum atomic E-state index is 0.376. The van der Waals surface area contributed by atoms with Crippen LogP contribution in [0.5, 0.6) is 0 Å². The first-order valence-corrected chi connectivity index (χ1v) is 6.76. The summed E-state index contributed by atoms with van der Waals surface area (Å²) in [5.74, 6) is 1.66. The van der Waals surface area contributed by atoms with Crippen LogP contribution < -0.4 is 5.73 Å². The number of fused-ring (bicyclic) bond motifs is 1. The van der Waals surface area contributed by atoms with Crippen LogP contribution in [0.25, 0.3) is 11.0 Å². The van der Waals surface area contributed by atoms with Crippen molar-refractivity contribution in [2.45, 2.75) is 19.9 Å². The SMILES string of the molecule is CSCC(C)n1c(N)nc2cccc(C)c21. The molecule has 16 heavy (non-hydrogen) atoms. The maximum Gasteiger partial charge on any atom is 0.201 e. The van der Waals surface area contributed by atoms with Crippen molar-refractivity contribution in [2.75, 3.05) is 17.7 Å².